The van der Waals surface area contributed by atoms with Gasteiger partial charge < -0.3 is 15.5 Å². The number of phenolic OH excluding ortho intramolecular Hbond substituents is 2. The fraction of sp³-hybridized carbons (Fsp3) is 0.0500. The number of fused-ring (bicyclic) bond motifs is 1. The Labute approximate surface area is 148 Å². The molecule has 1 aliphatic rings. The fourth-order valence-electron chi connectivity index (χ4n) is 3.07. The maximum Gasteiger partial charge on any atom is 0.262 e. The monoisotopic (exact) mass is 350 g/mol. The molecule has 1 atom stereocenters. The van der Waals surface area contributed by atoms with Crippen LogP contribution in [-0.4, -0.2) is 16.1 Å². The molecule has 3 N–H and O–H groups in total. The molecule has 0 bridgehead atoms. The van der Waals surface area contributed by atoms with Crippen molar-refractivity contribution in [1.29, 1.82) is 0 Å². The van der Waals surface area contributed by atoms with Gasteiger partial charge in [-0.2, -0.15) is 0 Å². The van der Waals surface area contributed by atoms with Crippen LogP contribution in [0.4, 0.5) is 15.8 Å². The first-order chi connectivity index (χ1) is 12.5. The number of nitrogens with one attached hydrogen (secondary N) is 1. The Morgan fingerprint density at radius 2 is 1.65 bits per heavy atom. The van der Waals surface area contributed by atoms with E-state index in [4.69, 9.17) is 0 Å². The van der Waals surface area contributed by atoms with E-state index in [0.29, 0.717) is 22.5 Å². The van der Waals surface area contributed by atoms with E-state index in [1.165, 1.54) is 41.3 Å². The Kier molecular flexibility index (Phi) is 3.73. The zero-order valence-corrected chi connectivity index (χ0v) is 13.6. The quantitative estimate of drug-likeness (QED) is 0.611. The summed E-state index contributed by atoms with van der Waals surface area (Å²) in [5.74, 6) is -1.17. The molecule has 0 unspecified atom stereocenters. The van der Waals surface area contributed by atoms with Gasteiger partial charge in [0.25, 0.3) is 5.91 Å². The number of anilines is 2. The second-order valence-corrected chi connectivity index (χ2v) is 5.99. The maximum atomic E-state index is 13.3. The lowest BCUT2D eigenvalue weighted by Gasteiger charge is -2.38. The van der Waals surface area contributed by atoms with Crippen LogP contribution in [0.15, 0.2) is 66.7 Å². The Hall–Kier alpha value is -3.54. The highest BCUT2D eigenvalue weighted by molar-refractivity contribution is 6.12. The summed E-state index contributed by atoms with van der Waals surface area (Å²) in [7, 11) is 0. The lowest BCUT2D eigenvalue weighted by molar-refractivity contribution is 0.0975. The molecule has 0 saturated heterocycles. The molecule has 3 aromatic rings. The molecule has 26 heavy (non-hydrogen) atoms. The number of benzene rings is 3. The molecular weight excluding hydrogens is 335 g/mol. The Bertz CT molecular complexity index is 989. The molecule has 0 radical (unpaired) electrons. The molecule has 3 aromatic carbocycles. The van der Waals surface area contributed by atoms with E-state index in [9.17, 15) is 19.4 Å². The van der Waals surface area contributed by atoms with Crippen molar-refractivity contribution in [1.82, 2.24) is 0 Å². The molecule has 4 rings (SSSR count). The first-order valence-corrected chi connectivity index (χ1v) is 8.01. The van der Waals surface area contributed by atoms with E-state index in [-0.39, 0.29) is 17.4 Å². The maximum absolute atomic E-state index is 13.3. The third-order valence-electron chi connectivity index (χ3n) is 4.35. The normalized spacial score (nSPS) is 16.1. The van der Waals surface area contributed by atoms with E-state index in [1.807, 2.05) is 6.07 Å². The lowest BCUT2D eigenvalue weighted by Crippen LogP contribution is -2.43. The number of hydrogen-bond donors (Lipinski definition) is 3. The number of carbonyl (C=O) groups is 1. The molecule has 1 aliphatic heterocycles. The molecule has 130 valence electrons. The molecule has 0 aromatic heterocycles. The molecular formula is C20H15FN2O3. The van der Waals surface area contributed by atoms with Crippen LogP contribution in [0.2, 0.25) is 0 Å². The van der Waals surface area contributed by atoms with Crippen molar-refractivity contribution in [2.75, 3.05) is 10.2 Å². The third-order valence-corrected chi connectivity index (χ3v) is 4.35. The van der Waals surface area contributed by atoms with Crippen molar-refractivity contribution in [3.8, 4) is 11.5 Å². The van der Waals surface area contributed by atoms with Crippen LogP contribution in [0.3, 0.4) is 0 Å². The first-order valence-electron chi connectivity index (χ1n) is 8.01. The number of halogens is 1. The van der Waals surface area contributed by atoms with Crippen LogP contribution in [-0.2, 0) is 0 Å². The number of rotatable bonds is 2. The van der Waals surface area contributed by atoms with Crippen LogP contribution >= 0.6 is 0 Å². The third kappa shape index (κ3) is 2.61. The predicted molar refractivity (Wildman–Crippen MR) is 95.8 cm³/mol. The minimum atomic E-state index is -0.630. The van der Waals surface area contributed by atoms with Crippen molar-refractivity contribution in [2.24, 2.45) is 0 Å². The van der Waals surface area contributed by atoms with Gasteiger partial charge in [0.1, 0.15) is 12.0 Å². The van der Waals surface area contributed by atoms with Crippen LogP contribution in [0, 0.1) is 5.82 Å². The number of aromatic hydroxyl groups is 2. The fourth-order valence-corrected chi connectivity index (χ4v) is 3.07. The van der Waals surface area contributed by atoms with Crippen molar-refractivity contribution in [3.63, 3.8) is 0 Å². The second kappa shape index (κ2) is 6.07. The van der Waals surface area contributed by atoms with Crippen LogP contribution in [0.5, 0.6) is 11.5 Å². The van der Waals surface area contributed by atoms with Crippen molar-refractivity contribution >= 4 is 17.3 Å². The van der Waals surface area contributed by atoms with Crippen LogP contribution in [0.25, 0.3) is 0 Å². The summed E-state index contributed by atoms with van der Waals surface area (Å²) in [6.07, 6.45) is -0.630. The highest BCUT2D eigenvalue weighted by Gasteiger charge is 2.34. The number of carbonyl (C=O) groups excluding carboxylic acids is 1. The predicted octanol–water partition coefficient (Wildman–Crippen LogP) is 4.01. The number of hydrogen-bond acceptors (Lipinski definition) is 4. The van der Waals surface area contributed by atoms with Gasteiger partial charge in [-0.15, -0.1) is 0 Å². The molecule has 0 aliphatic carbocycles. The lowest BCUT2D eigenvalue weighted by atomic mass is 10.0. The Morgan fingerprint density at radius 1 is 0.923 bits per heavy atom. The van der Waals surface area contributed by atoms with E-state index in [0.717, 1.165) is 0 Å². The van der Waals surface area contributed by atoms with Gasteiger partial charge in [-0.1, -0.05) is 18.2 Å². The summed E-state index contributed by atoms with van der Waals surface area (Å²) in [6, 6.07) is 17.1. The minimum absolute atomic E-state index is 0.246. The molecule has 0 spiro atoms. The zero-order chi connectivity index (χ0) is 18.3. The molecule has 0 saturated carbocycles. The summed E-state index contributed by atoms with van der Waals surface area (Å²) in [5, 5.41) is 22.7. The van der Waals surface area contributed by atoms with Gasteiger partial charge in [-0.25, -0.2) is 4.39 Å². The summed E-state index contributed by atoms with van der Waals surface area (Å²) < 4.78 is 13.3. The molecule has 6 heteroatoms. The standard InChI is InChI=1S/C20H15FN2O3/c21-13-6-8-14(9-7-13)23-19(12-5-10-17(24)18(25)11-12)22-16-4-2-1-3-15(16)20(23)26/h1-11,19,22,24-25H/t19-/m1/s1. The minimum Gasteiger partial charge on any atom is -0.504 e. The van der Waals surface area contributed by atoms with Gasteiger partial charge in [0.05, 0.1) is 5.56 Å². The number of para-hydroxylation sites is 1. The SMILES string of the molecule is O=C1c2ccccc2N[C@@H](c2ccc(O)c(O)c2)N1c1ccc(F)cc1. The van der Waals surface area contributed by atoms with Gasteiger partial charge in [-0.3, -0.25) is 9.69 Å². The second-order valence-electron chi connectivity index (χ2n) is 5.99. The smallest absolute Gasteiger partial charge is 0.262 e. The van der Waals surface area contributed by atoms with Gasteiger partial charge in [0.15, 0.2) is 11.5 Å². The van der Waals surface area contributed by atoms with Crippen molar-refractivity contribution < 1.29 is 19.4 Å². The van der Waals surface area contributed by atoms with Crippen molar-refractivity contribution in [2.45, 2.75) is 6.17 Å². The van der Waals surface area contributed by atoms with E-state index < -0.39 is 12.0 Å². The zero-order valence-electron chi connectivity index (χ0n) is 13.6. The summed E-state index contributed by atoms with van der Waals surface area (Å²) in [5.41, 5.74) is 2.24. The van der Waals surface area contributed by atoms with E-state index >= 15 is 0 Å². The average Bonchev–Trinajstić information content (AvgIpc) is 2.65. The van der Waals surface area contributed by atoms with E-state index in [1.54, 1.807) is 24.3 Å². The van der Waals surface area contributed by atoms with Crippen LogP contribution in [0.1, 0.15) is 22.1 Å². The summed E-state index contributed by atoms with van der Waals surface area (Å²) in [4.78, 5) is 14.6. The molecule has 1 amide bonds. The Balaban J connectivity index is 1.86. The number of phenols is 2. The largest absolute Gasteiger partial charge is 0.504 e. The van der Waals surface area contributed by atoms with Gasteiger partial charge in [0, 0.05) is 11.4 Å². The number of nitrogens with zero attached hydrogens (tertiary/aromatic N) is 1. The molecule has 5 nitrogen and oxygen atoms in total. The Morgan fingerprint density at radius 3 is 2.38 bits per heavy atom. The molecule has 0 fully saturated rings. The van der Waals surface area contributed by atoms with Crippen molar-refractivity contribution in [3.05, 3.63) is 83.7 Å². The van der Waals surface area contributed by atoms with Gasteiger partial charge >= 0.3 is 0 Å². The topological polar surface area (TPSA) is 72.8 Å². The molecule has 1 heterocycles. The van der Waals surface area contributed by atoms with Gasteiger partial charge in [0.2, 0.25) is 0 Å². The van der Waals surface area contributed by atoms with Gasteiger partial charge in [-0.05, 0) is 54.1 Å². The first kappa shape index (κ1) is 16.0. The summed E-state index contributed by atoms with van der Waals surface area (Å²) in [6.45, 7) is 0. The van der Waals surface area contributed by atoms with E-state index in [2.05, 4.69) is 5.32 Å². The highest BCUT2D eigenvalue weighted by atomic mass is 19.1. The summed E-state index contributed by atoms with van der Waals surface area (Å²) >= 11 is 0. The number of amides is 1. The average molecular weight is 350 g/mol. The highest BCUT2D eigenvalue weighted by Crippen LogP contribution is 2.38. The van der Waals surface area contributed by atoms with Crippen LogP contribution < -0.4 is 10.2 Å².